The van der Waals surface area contributed by atoms with Gasteiger partial charge in [-0.05, 0) is 55.3 Å². The zero-order chi connectivity index (χ0) is 22.1. The number of nitrogens with zero attached hydrogens (tertiary/aromatic N) is 1. The summed E-state index contributed by atoms with van der Waals surface area (Å²) in [6, 6.07) is 11.8. The first-order valence-corrected chi connectivity index (χ1v) is 11.8. The van der Waals surface area contributed by atoms with Crippen LogP contribution in [0.4, 0.5) is 0 Å². The highest BCUT2D eigenvalue weighted by atomic mass is 35.5. The number of halogens is 3. The molecule has 0 bridgehead atoms. The van der Waals surface area contributed by atoms with Gasteiger partial charge in [-0.1, -0.05) is 54.2 Å². The lowest BCUT2D eigenvalue weighted by atomic mass is 10.1. The van der Waals surface area contributed by atoms with E-state index in [1.54, 1.807) is 42.2 Å². The molecule has 0 saturated carbocycles. The van der Waals surface area contributed by atoms with Crippen LogP contribution in [0.3, 0.4) is 0 Å². The van der Waals surface area contributed by atoms with Gasteiger partial charge >= 0.3 is 0 Å². The topological polar surface area (TPSA) is 49.4 Å². The summed E-state index contributed by atoms with van der Waals surface area (Å²) in [6.07, 6.45) is 1.87. The summed E-state index contributed by atoms with van der Waals surface area (Å²) in [7, 11) is 0. The summed E-state index contributed by atoms with van der Waals surface area (Å²) in [5, 5.41) is 4.52. The van der Waals surface area contributed by atoms with Gasteiger partial charge in [0.25, 0.3) is 0 Å². The fraction of sp³-hybridized carbons (Fsp3) is 0.364. The monoisotopic (exact) mass is 486 g/mol. The molecule has 0 aliphatic rings. The van der Waals surface area contributed by atoms with Crippen molar-refractivity contribution in [3.63, 3.8) is 0 Å². The van der Waals surface area contributed by atoms with Gasteiger partial charge in [0, 0.05) is 33.1 Å². The maximum Gasteiger partial charge on any atom is 0.242 e. The van der Waals surface area contributed by atoms with E-state index in [4.69, 9.17) is 34.8 Å². The maximum absolute atomic E-state index is 13.1. The summed E-state index contributed by atoms with van der Waals surface area (Å²) in [6.45, 7) is 4.60. The lowest BCUT2D eigenvalue weighted by Gasteiger charge is -2.29. The minimum atomic E-state index is -0.632. The predicted octanol–water partition coefficient (Wildman–Crippen LogP) is 6.07. The minimum absolute atomic E-state index is 0.154. The minimum Gasteiger partial charge on any atom is -0.354 e. The lowest BCUT2D eigenvalue weighted by Crippen LogP contribution is -2.48. The van der Waals surface area contributed by atoms with Crippen molar-refractivity contribution >= 4 is 58.4 Å². The maximum atomic E-state index is 13.1. The van der Waals surface area contributed by atoms with Crippen LogP contribution in [0.1, 0.15) is 32.3 Å². The number of thioether (sulfide) groups is 1. The number of hydrogen-bond donors (Lipinski definition) is 1. The van der Waals surface area contributed by atoms with Crippen molar-refractivity contribution < 1.29 is 9.59 Å². The van der Waals surface area contributed by atoms with Gasteiger partial charge in [-0.25, -0.2) is 0 Å². The van der Waals surface area contributed by atoms with E-state index >= 15 is 0 Å². The molecule has 0 aliphatic carbocycles. The first-order valence-electron chi connectivity index (χ1n) is 9.71. The van der Waals surface area contributed by atoms with Gasteiger partial charge in [0.15, 0.2) is 0 Å². The van der Waals surface area contributed by atoms with Gasteiger partial charge in [0.2, 0.25) is 11.8 Å². The second-order valence-electron chi connectivity index (χ2n) is 6.82. The highest BCUT2D eigenvalue weighted by Gasteiger charge is 2.26. The first-order chi connectivity index (χ1) is 14.3. The van der Waals surface area contributed by atoms with Gasteiger partial charge in [0.05, 0.1) is 5.75 Å². The normalized spacial score (nSPS) is 11.8. The number of unbranched alkanes of at least 4 members (excludes halogenated alkanes) is 1. The van der Waals surface area contributed by atoms with Crippen LogP contribution in [0.25, 0.3) is 0 Å². The molecule has 8 heteroatoms. The van der Waals surface area contributed by atoms with Crippen LogP contribution in [0.15, 0.2) is 47.4 Å². The molecule has 0 radical (unpaired) electrons. The van der Waals surface area contributed by atoms with Crippen molar-refractivity contribution in [1.29, 1.82) is 0 Å². The fourth-order valence-electron chi connectivity index (χ4n) is 2.71. The Morgan fingerprint density at radius 2 is 1.73 bits per heavy atom. The van der Waals surface area contributed by atoms with E-state index < -0.39 is 6.04 Å². The highest BCUT2D eigenvalue weighted by Crippen LogP contribution is 2.25. The molecule has 4 nitrogen and oxygen atoms in total. The SMILES string of the molecule is CCCCNC(=O)C(C)N(Cc1ccc(Cl)cc1Cl)C(=O)CSc1ccc(Cl)cc1. The van der Waals surface area contributed by atoms with E-state index in [9.17, 15) is 9.59 Å². The Morgan fingerprint density at radius 1 is 1.07 bits per heavy atom. The van der Waals surface area contributed by atoms with Crippen LogP contribution >= 0.6 is 46.6 Å². The molecule has 30 heavy (non-hydrogen) atoms. The zero-order valence-corrected chi connectivity index (χ0v) is 20.0. The Labute approximate surface area is 197 Å². The highest BCUT2D eigenvalue weighted by molar-refractivity contribution is 8.00. The van der Waals surface area contributed by atoms with Crippen molar-refractivity contribution in [3.8, 4) is 0 Å². The molecule has 2 rings (SSSR count). The Morgan fingerprint density at radius 3 is 2.37 bits per heavy atom. The molecule has 2 amide bonds. The number of amides is 2. The standard InChI is InChI=1S/C22H25Cl3N2O2S/c1-3-4-11-26-22(29)15(2)27(13-16-5-6-18(24)12-20(16)25)21(28)14-30-19-9-7-17(23)8-10-19/h5-10,12,15H,3-4,11,13-14H2,1-2H3,(H,26,29). The number of carbonyl (C=O) groups is 2. The van der Waals surface area contributed by atoms with Crippen LogP contribution in [-0.4, -0.2) is 35.1 Å². The van der Waals surface area contributed by atoms with Gasteiger partial charge in [-0.2, -0.15) is 0 Å². The van der Waals surface area contributed by atoms with Gasteiger partial charge in [-0.3, -0.25) is 9.59 Å². The molecule has 0 aromatic heterocycles. The smallest absolute Gasteiger partial charge is 0.242 e. The Bertz CT molecular complexity index is 862. The number of hydrogen-bond acceptors (Lipinski definition) is 3. The molecule has 1 unspecified atom stereocenters. The third kappa shape index (κ3) is 7.69. The number of rotatable bonds is 10. The lowest BCUT2D eigenvalue weighted by molar-refractivity contribution is -0.138. The van der Waals surface area contributed by atoms with E-state index in [0.717, 1.165) is 23.3 Å². The summed E-state index contributed by atoms with van der Waals surface area (Å²) in [4.78, 5) is 28.2. The third-order valence-electron chi connectivity index (χ3n) is 4.53. The Kier molecular flexibility index (Phi) is 10.3. The quantitative estimate of drug-likeness (QED) is 0.327. The largest absolute Gasteiger partial charge is 0.354 e. The van der Waals surface area contributed by atoms with Crippen molar-refractivity contribution in [3.05, 3.63) is 63.1 Å². The van der Waals surface area contributed by atoms with Crippen LogP contribution in [0, 0.1) is 0 Å². The van der Waals surface area contributed by atoms with Crippen molar-refractivity contribution in [2.45, 2.75) is 44.2 Å². The third-order valence-corrected chi connectivity index (χ3v) is 6.36. The van der Waals surface area contributed by atoms with Gasteiger partial charge in [-0.15, -0.1) is 11.8 Å². The number of nitrogens with one attached hydrogen (secondary N) is 1. The van der Waals surface area contributed by atoms with Gasteiger partial charge in [0.1, 0.15) is 6.04 Å². The zero-order valence-electron chi connectivity index (χ0n) is 17.0. The van der Waals surface area contributed by atoms with Crippen molar-refractivity contribution in [1.82, 2.24) is 10.2 Å². The summed E-state index contributed by atoms with van der Waals surface area (Å²) < 4.78 is 0. The summed E-state index contributed by atoms with van der Waals surface area (Å²) in [5.41, 5.74) is 0.735. The molecule has 162 valence electrons. The van der Waals surface area contributed by atoms with Gasteiger partial charge < -0.3 is 10.2 Å². The van der Waals surface area contributed by atoms with E-state index in [1.165, 1.54) is 11.8 Å². The van der Waals surface area contributed by atoms with Crippen LogP contribution < -0.4 is 5.32 Å². The molecule has 1 N–H and O–H groups in total. The molecule has 1 atom stereocenters. The summed E-state index contributed by atoms with van der Waals surface area (Å²) >= 11 is 19.6. The molecular weight excluding hydrogens is 463 g/mol. The van der Waals surface area contributed by atoms with Crippen LogP contribution in [0.2, 0.25) is 15.1 Å². The molecule has 0 spiro atoms. The first kappa shape index (κ1) is 24.9. The second kappa shape index (κ2) is 12.5. The van der Waals surface area contributed by atoms with E-state index in [1.807, 2.05) is 12.1 Å². The number of benzene rings is 2. The number of carbonyl (C=O) groups excluding carboxylic acids is 2. The molecule has 2 aromatic carbocycles. The molecular formula is C22H25Cl3N2O2S. The van der Waals surface area contributed by atoms with E-state index in [0.29, 0.717) is 21.6 Å². The molecule has 0 heterocycles. The van der Waals surface area contributed by atoms with Crippen molar-refractivity contribution in [2.24, 2.45) is 0 Å². The van der Waals surface area contributed by atoms with E-state index in [2.05, 4.69) is 12.2 Å². The van der Waals surface area contributed by atoms with Crippen molar-refractivity contribution in [2.75, 3.05) is 12.3 Å². The average molecular weight is 488 g/mol. The fourth-order valence-corrected chi connectivity index (χ4v) is 4.09. The Hall–Kier alpha value is -1.40. The van der Waals surface area contributed by atoms with Crippen LogP contribution in [-0.2, 0) is 16.1 Å². The predicted molar refractivity (Wildman–Crippen MR) is 127 cm³/mol. The molecule has 0 fully saturated rings. The molecule has 0 aliphatic heterocycles. The molecule has 0 saturated heterocycles. The molecule has 2 aromatic rings. The summed E-state index contributed by atoms with van der Waals surface area (Å²) in [5.74, 6) is -0.142. The van der Waals surface area contributed by atoms with Crippen LogP contribution in [0.5, 0.6) is 0 Å². The average Bonchev–Trinajstić information content (AvgIpc) is 2.72. The second-order valence-corrected chi connectivity index (χ2v) is 9.15. The van der Waals surface area contributed by atoms with E-state index in [-0.39, 0.29) is 24.1 Å². The Balaban J connectivity index is 2.14.